The van der Waals surface area contributed by atoms with Gasteiger partial charge in [-0.05, 0) is 19.3 Å². The van der Waals surface area contributed by atoms with Gasteiger partial charge in [-0.25, -0.2) is 0 Å². The molecule has 0 radical (unpaired) electrons. The van der Waals surface area contributed by atoms with Crippen LogP contribution in [0.3, 0.4) is 0 Å². The number of hydrogen-bond acceptors (Lipinski definition) is 2. The molecule has 0 spiro atoms. The van der Waals surface area contributed by atoms with Crippen molar-refractivity contribution in [2.75, 3.05) is 0 Å². The van der Waals surface area contributed by atoms with E-state index in [9.17, 15) is 5.26 Å². The van der Waals surface area contributed by atoms with Gasteiger partial charge in [0.25, 0.3) is 0 Å². The fourth-order valence-corrected chi connectivity index (χ4v) is 2.87. The van der Waals surface area contributed by atoms with Gasteiger partial charge < -0.3 is 0 Å². The van der Waals surface area contributed by atoms with E-state index >= 15 is 0 Å². The quantitative estimate of drug-likeness (QED) is 0.506. The Bertz CT molecular complexity index is 224. The molecule has 0 aromatic heterocycles. The first-order valence-corrected chi connectivity index (χ1v) is 8.02. The summed E-state index contributed by atoms with van der Waals surface area (Å²) in [6.45, 7) is 2.24. The lowest BCUT2D eigenvalue weighted by atomic mass is 10.0. The van der Waals surface area contributed by atoms with Crippen molar-refractivity contribution < 1.29 is 0 Å². The molecule has 0 aromatic rings. The molecular weight excluding hydrogens is 220 g/mol. The summed E-state index contributed by atoms with van der Waals surface area (Å²) in [4.78, 5) is 0. The molecule has 1 fully saturated rings. The van der Waals surface area contributed by atoms with Crippen molar-refractivity contribution in [3.8, 4) is 6.07 Å². The SMILES string of the molecule is CCCCCCCC(C#N)NC1CCCCCC1. The highest BCUT2D eigenvalue weighted by Crippen LogP contribution is 2.18. The van der Waals surface area contributed by atoms with E-state index in [0.29, 0.717) is 6.04 Å². The monoisotopic (exact) mass is 250 g/mol. The smallest absolute Gasteiger partial charge is 0.0955 e. The molecule has 0 aliphatic heterocycles. The van der Waals surface area contributed by atoms with Crippen molar-refractivity contribution in [2.45, 2.75) is 96.1 Å². The highest BCUT2D eigenvalue weighted by atomic mass is 14.9. The van der Waals surface area contributed by atoms with Crippen LogP contribution >= 0.6 is 0 Å². The first kappa shape index (κ1) is 15.5. The van der Waals surface area contributed by atoms with Crippen molar-refractivity contribution in [3.63, 3.8) is 0 Å². The Morgan fingerprint density at radius 3 is 2.33 bits per heavy atom. The molecule has 104 valence electrons. The van der Waals surface area contributed by atoms with Crippen LogP contribution in [0.1, 0.15) is 84.0 Å². The lowest BCUT2D eigenvalue weighted by Crippen LogP contribution is -2.37. The number of nitrogens with zero attached hydrogens (tertiary/aromatic N) is 1. The molecule has 1 saturated carbocycles. The Labute approximate surface area is 113 Å². The molecule has 0 aromatic carbocycles. The predicted molar refractivity (Wildman–Crippen MR) is 77.4 cm³/mol. The maximum absolute atomic E-state index is 9.22. The maximum atomic E-state index is 9.22. The molecule has 1 aliphatic carbocycles. The Kier molecular flexibility index (Phi) is 8.94. The highest BCUT2D eigenvalue weighted by molar-refractivity contribution is 4.92. The molecule has 18 heavy (non-hydrogen) atoms. The van der Waals surface area contributed by atoms with E-state index in [2.05, 4.69) is 18.3 Å². The average Bonchev–Trinajstić information content (AvgIpc) is 2.65. The maximum Gasteiger partial charge on any atom is 0.0955 e. The Balaban J connectivity index is 2.14. The average molecular weight is 250 g/mol. The third-order valence-electron chi connectivity index (χ3n) is 4.04. The van der Waals surface area contributed by atoms with Gasteiger partial charge in [0.1, 0.15) is 0 Å². The normalized spacial score (nSPS) is 19.1. The number of hydrogen-bond donors (Lipinski definition) is 1. The molecule has 1 rings (SSSR count). The third-order valence-corrected chi connectivity index (χ3v) is 4.04. The summed E-state index contributed by atoms with van der Waals surface area (Å²) in [5.41, 5.74) is 0. The van der Waals surface area contributed by atoms with Gasteiger partial charge >= 0.3 is 0 Å². The van der Waals surface area contributed by atoms with Gasteiger partial charge in [-0.2, -0.15) is 5.26 Å². The molecule has 0 amide bonds. The fourth-order valence-electron chi connectivity index (χ4n) is 2.87. The standard InChI is InChI=1S/C16H30N2/c1-2-3-4-5-10-13-16(14-17)18-15-11-8-6-7-9-12-15/h15-16,18H,2-13H2,1H3. The molecule has 1 atom stereocenters. The molecule has 0 bridgehead atoms. The molecule has 1 N–H and O–H groups in total. The minimum atomic E-state index is 0.0923. The Hall–Kier alpha value is -0.550. The zero-order valence-corrected chi connectivity index (χ0v) is 12.1. The van der Waals surface area contributed by atoms with Crippen molar-refractivity contribution in [3.05, 3.63) is 0 Å². The minimum Gasteiger partial charge on any atom is -0.299 e. The van der Waals surface area contributed by atoms with Crippen LogP contribution < -0.4 is 5.32 Å². The molecule has 1 aliphatic rings. The van der Waals surface area contributed by atoms with E-state index in [-0.39, 0.29) is 6.04 Å². The first-order chi connectivity index (χ1) is 8.86. The molecule has 1 unspecified atom stereocenters. The number of rotatable bonds is 8. The van der Waals surface area contributed by atoms with Gasteiger partial charge in [-0.15, -0.1) is 0 Å². The molecule has 2 nitrogen and oxygen atoms in total. The molecule has 0 heterocycles. The summed E-state index contributed by atoms with van der Waals surface area (Å²) in [6, 6.07) is 3.15. The number of nitriles is 1. The minimum absolute atomic E-state index is 0.0923. The third kappa shape index (κ3) is 7.01. The molecule has 0 saturated heterocycles. The van der Waals surface area contributed by atoms with E-state index in [1.165, 1.54) is 70.6 Å². The van der Waals surface area contributed by atoms with Crippen LogP contribution in [0.5, 0.6) is 0 Å². The second kappa shape index (κ2) is 10.4. The summed E-state index contributed by atoms with van der Waals surface area (Å²) < 4.78 is 0. The fraction of sp³-hybridized carbons (Fsp3) is 0.938. The van der Waals surface area contributed by atoms with Gasteiger partial charge in [-0.1, -0.05) is 64.7 Å². The van der Waals surface area contributed by atoms with E-state index in [4.69, 9.17) is 0 Å². The van der Waals surface area contributed by atoms with Crippen LogP contribution in [0.2, 0.25) is 0 Å². The lowest BCUT2D eigenvalue weighted by Gasteiger charge is -2.20. The van der Waals surface area contributed by atoms with Crippen LogP contribution in [0.15, 0.2) is 0 Å². The van der Waals surface area contributed by atoms with Crippen molar-refractivity contribution in [1.29, 1.82) is 5.26 Å². The number of nitrogens with one attached hydrogen (secondary N) is 1. The summed E-state index contributed by atoms with van der Waals surface area (Å²) >= 11 is 0. The second-order valence-corrected chi connectivity index (χ2v) is 5.74. The van der Waals surface area contributed by atoms with Gasteiger partial charge in [0.15, 0.2) is 0 Å². The molecular formula is C16H30N2. The molecule has 2 heteroatoms. The van der Waals surface area contributed by atoms with Gasteiger partial charge in [-0.3, -0.25) is 5.32 Å². The van der Waals surface area contributed by atoms with Crippen molar-refractivity contribution >= 4 is 0 Å². The van der Waals surface area contributed by atoms with Crippen LogP contribution in [-0.4, -0.2) is 12.1 Å². The Morgan fingerprint density at radius 1 is 1.06 bits per heavy atom. The van der Waals surface area contributed by atoms with E-state index in [0.717, 1.165) is 6.42 Å². The van der Waals surface area contributed by atoms with E-state index in [1.807, 2.05) is 0 Å². The van der Waals surface area contributed by atoms with Crippen LogP contribution in [0.4, 0.5) is 0 Å². The summed E-state index contributed by atoms with van der Waals surface area (Å²) in [6.07, 6.45) is 15.5. The van der Waals surface area contributed by atoms with Crippen molar-refractivity contribution in [1.82, 2.24) is 5.32 Å². The van der Waals surface area contributed by atoms with Gasteiger partial charge in [0.2, 0.25) is 0 Å². The zero-order valence-electron chi connectivity index (χ0n) is 12.1. The van der Waals surface area contributed by atoms with Gasteiger partial charge in [0, 0.05) is 6.04 Å². The number of unbranched alkanes of at least 4 members (excludes halogenated alkanes) is 4. The van der Waals surface area contributed by atoms with Crippen LogP contribution in [0, 0.1) is 11.3 Å². The predicted octanol–water partition coefficient (Wildman–Crippen LogP) is 4.55. The summed E-state index contributed by atoms with van der Waals surface area (Å²) in [5, 5.41) is 12.8. The summed E-state index contributed by atoms with van der Waals surface area (Å²) in [7, 11) is 0. The van der Waals surface area contributed by atoms with Crippen LogP contribution in [0.25, 0.3) is 0 Å². The summed E-state index contributed by atoms with van der Waals surface area (Å²) in [5.74, 6) is 0. The van der Waals surface area contributed by atoms with Gasteiger partial charge in [0.05, 0.1) is 12.1 Å². The van der Waals surface area contributed by atoms with E-state index < -0.39 is 0 Å². The van der Waals surface area contributed by atoms with Crippen molar-refractivity contribution in [2.24, 2.45) is 0 Å². The zero-order chi connectivity index (χ0) is 13.1. The first-order valence-electron chi connectivity index (χ1n) is 8.02. The second-order valence-electron chi connectivity index (χ2n) is 5.74. The van der Waals surface area contributed by atoms with E-state index in [1.54, 1.807) is 0 Å². The topological polar surface area (TPSA) is 35.8 Å². The lowest BCUT2D eigenvalue weighted by molar-refractivity contribution is 0.409. The largest absolute Gasteiger partial charge is 0.299 e. The Morgan fingerprint density at radius 2 is 1.72 bits per heavy atom. The van der Waals surface area contributed by atoms with Crippen LogP contribution in [-0.2, 0) is 0 Å². The highest BCUT2D eigenvalue weighted by Gasteiger charge is 2.16.